The van der Waals surface area contributed by atoms with E-state index in [0.717, 1.165) is 37.3 Å². The number of benzene rings is 1. The third kappa shape index (κ3) is 3.01. The lowest BCUT2D eigenvalue weighted by atomic mass is 10.1. The number of nitrogens with two attached hydrogens (primary N) is 1. The predicted octanol–water partition coefficient (Wildman–Crippen LogP) is 1.94. The molecule has 0 aromatic heterocycles. The minimum Gasteiger partial charge on any atom is -0.508 e. The van der Waals surface area contributed by atoms with Gasteiger partial charge in [-0.2, -0.15) is 0 Å². The molecule has 1 aromatic rings. The van der Waals surface area contributed by atoms with E-state index in [-0.39, 0.29) is 6.04 Å². The van der Waals surface area contributed by atoms with Crippen LogP contribution in [0.15, 0.2) is 18.2 Å². The van der Waals surface area contributed by atoms with Crippen LogP contribution in [0.5, 0.6) is 5.75 Å². The number of phenolic OH excluding ortho intramolecular Hbond substituents is 1. The molecule has 3 N–H and O–H groups in total. The first-order valence-electron chi connectivity index (χ1n) is 7.06. The van der Waals surface area contributed by atoms with Gasteiger partial charge in [-0.25, -0.2) is 0 Å². The Morgan fingerprint density at radius 3 is 2.74 bits per heavy atom. The van der Waals surface area contributed by atoms with Crippen LogP contribution in [-0.4, -0.2) is 42.7 Å². The Bertz CT molecular complexity index is 433. The van der Waals surface area contributed by atoms with E-state index in [0.29, 0.717) is 11.8 Å². The number of phenols is 1. The summed E-state index contributed by atoms with van der Waals surface area (Å²) in [4.78, 5) is 4.76. The van der Waals surface area contributed by atoms with Gasteiger partial charge in [0.15, 0.2) is 0 Å². The molecule has 106 valence electrons. The van der Waals surface area contributed by atoms with E-state index in [9.17, 15) is 5.11 Å². The van der Waals surface area contributed by atoms with Gasteiger partial charge in [-0.05, 0) is 26.5 Å². The van der Waals surface area contributed by atoms with Gasteiger partial charge in [-0.1, -0.05) is 13.0 Å². The van der Waals surface area contributed by atoms with Crippen molar-refractivity contribution >= 4 is 5.69 Å². The van der Waals surface area contributed by atoms with Crippen molar-refractivity contribution in [2.24, 2.45) is 5.73 Å². The highest BCUT2D eigenvalue weighted by molar-refractivity contribution is 5.54. The van der Waals surface area contributed by atoms with Gasteiger partial charge in [0.1, 0.15) is 5.75 Å². The Labute approximate surface area is 115 Å². The summed E-state index contributed by atoms with van der Waals surface area (Å²) in [5.41, 5.74) is 7.73. The second-order valence-electron chi connectivity index (χ2n) is 5.52. The molecule has 2 rings (SSSR count). The van der Waals surface area contributed by atoms with Crippen LogP contribution in [0.25, 0.3) is 0 Å². The molecule has 0 saturated carbocycles. The molecule has 1 heterocycles. The summed E-state index contributed by atoms with van der Waals surface area (Å²) in [6.07, 6.45) is 1.15. The highest BCUT2D eigenvalue weighted by Crippen LogP contribution is 2.29. The monoisotopic (exact) mass is 263 g/mol. The molecule has 4 heteroatoms. The lowest BCUT2D eigenvalue weighted by Crippen LogP contribution is -2.51. The molecular formula is C15H25N3O. The normalized spacial score (nSPS) is 22.5. The van der Waals surface area contributed by atoms with Gasteiger partial charge in [-0.3, -0.25) is 4.90 Å². The molecule has 19 heavy (non-hydrogen) atoms. The fourth-order valence-electron chi connectivity index (χ4n) is 2.74. The zero-order valence-electron chi connectivity index (χ0n) is 12.1. The van der Waals surface area contributed by atoms with E-state index >= 15 is 0 Å². The standard InChI is InChI=1S/C15H25N3O/c1-4-12-10-18(8-7-17(12)3)13-5-6-14(11(2)16)15(19)9-13/h5-6,9,11-12,19H,4,7-8,10,16H2,1-3H3. The third-order valence-corrected chi connectivity index (χ3v) is 4.12. The molecule has 0 aliphatic carbocycles. The molecule has 1 aromatic carbocycles. The minimum absolute atomic E-state index is 0.134. The molecule has 1 saturated heterocycles. The Kier molecular flexibility index (Phi) is 4.32. The lowest BCUT2D eigenvalue weighted by Gasteiger charge is -2.40. The summed E-state index contributed by atoms with van der Waals surface area (Å²) in [5, 5.41) is 10.1. The SMILES string of the molecule is CCC1CN(c2ccc(C(C)N)c(O)c2)CCN1C. The van der Waals surface area contributed by atoms with Crippen molar-refractivity contribution in [2.75, 3.05) is 31.6 Å². The average Bonchev–Trinajstić information content (AvgIpc) is 2.38. The molecule has 2 atom stereocenters. The van der Waals surface area contributed by atoms with Crippen molar-refractivity contribution in [1.82, 2.24) is 4.90 Å². The van der Waals surface area contributed by atoms with Crippen molar-refractivity contribution < 1.29 is 5.11 Å². The molecule has 4 nitrogen and oxygen atoms in total. The molecule has 0 bridgehead atoms. The second kappa shape index (κ2) is 5.80. The molecule has 1 fully saturated rings. The molecule has 0 amide bonds. The van der Waals surface area contributed by atoms with Crippen LogP contribution < -0.4 is 10.6 Å². The van der Waals surface area contributed by atoms with E-state index in [1.54, 1.807) is 0 Å². The summed E-state index contributed by atoms with van der Waals surface area (Å²) in [6.45, 7) is 7.20. The third-order valence-electron chi connectivity index (χ3n) is 4.12. The van der Waals surface area contributed by atoms with Crippen LogP contribution in [0.3, 0.4) is 0 Å². The zero-order chi connectivity index (χ0) is 14.0. The molecule has 1 aliphatic rings. The van der Waals surface area contributed by atoms with E-state index < -0.39 is 0 Å². The fourth-order valence-corrected chi connectivity index (χ4v) is 2.74. The predicted molar refractivity (Wildman–Crippen MR) is 79.6 cm³/mol. The van der Waals surface area contributed by atoms with E-state index in [1.165, 1.54) is 0 Å². The van der Waals surface area contributed by atoms with Crippen LogP contribution in [0.1, 0.15) is 31.9 Å². The van der Waals surface area contributed by atoms with Gasteiger partial charge in [0.2, 0.25) is 0 Å². The Hall–Kier alpha value is -1.26. The van der Waals surface area contributed by atoms with Gasteiger partial charge in [0.25, 0.3) is 0 Å². The van der Waals surface area contributed by atoms with Crippen molar-refractivity contribution in [3.63, 3.8) is 0 Å². The Morgan fingerprint density at radius 2 is 2.16 bits per heavy atom. The van der Waals surface area contributed by atoms with Crippen molar-refractivity contribution in [3.05, 3.63) is 23.8 Å². The maximum Gasteiger partial charge on any atom is 0.122 e. The van der Waals surface area contributed by atoms with Gasteiger partial charge in [0.05, 0.1) is 0 Å². The average molecular weight is 263 g/mol. The first-order chi connectivity index (χ1) is 9.02. The van der Waals surface area contributed by atoms with Crippen LogP contribution >= 0.6 is 0 Å². The Morgan fingerprint density at radius 1 is 1.42 bits per heavy atom. The summed E-state index contributed by atoms with van der Waals surface area (Å²) < 4.78 is 0. The van der Waals surface area contributed by atoms with Crippen LogP contribution in [0.4, 0.5) is 5.69 Å². The van der Waals surface area contributed by atoms with E-state index in [4.69, 9.17) is 5.73 Å². The van der Waals surface area contributed by atoms with Crippen molar-refractivity contribution in [3.8, 4) is 5.75 Å². The first kappa shape index (κ1) is 14.2. The minimum atomic E-state index is -0.134. The number of hydrogen-bond donors (Lipinski definition) is 2. The van der Waals surface area contributed by atoms with E-state index in [2.05, 4.69) is 29.8 Å². The molecule has 0 radical (unpaired) electrons. The highest BCUT2D eigenvalue weighted by atomic mass is 16.3. The van der Waals surface area contributed by atoms with Gasteiger partial charge >= 0.3 is 0 Å². The number of nitrogens with zero attached hydrogens (tertiary/aromatic N) is 2. The smallest absolute Gasteiger partial charge is 0.122 e. The number of hydrogen-bond acceptors (Lipinski definition) is 4. The number of piperazine rings is 1. The number of likely N-dealkylation sites (N-methyl/N-ethyl adjacent to an activating group) is 1. The maximum atomic E-state index is 10.1. The van der Waals surface area contributed by atoms with Gasteiger partial charge < -0.3 is 15.7 Å². The number of aromatic hydroxyl groups is 1. The van der Waals surface area contributed by atoms with Crippen LogP contribution in [-0.2, 0) is 0 Å². The molecule has 2 unspecified atom stereocenters. The van der Waals surface area contributed by atoms with Crippen LogP contribution in [0.2, 0.25) is 0 Å². The first-order valence-corrected chi connectivity index (χ1v) is 7.06. The lowest BCUT2D eigenvalue weighted by molar-refractivity contribution is 0.213. The fraction of sp³-hybridized carbons (Fsp3) is 0.600. The van der Waals surface area contributed by atoms with Gasteiger partial charge in [0, 0.05) is 49.0 Å². The number of rotatable bonds is 3. The second-order valence-corrected chi connectivity index (χ2v) is 5.52. The topological polar surface area (TPSA) is 52.7 Å². The maximum absolute atomic E-state index is 10.1. The zero-order valence-corrected chi connectivity index (χ0v) is 12.1. The van der Waals surface area contributed by atoms with Crippen molar-refractivity contribution in [2.45, 2.75) is 32.4 Å². The van der Waals surface area contributed by atoms with Gasteiger partial charge in [-0.15, -0.1) is 0 Å². The summed E-state index contributed by atoms with van der Waals surface area (Å²) in [6, 6.07) is 6.30. The molecule has 1 aliphatic heterocycles. The number of anilines is 1. The van der Waals surface area contributed by atoms with E-state index in [1.807, 2.05) is 19.1 Å². The quantitative estimate of drug-likeness (QED) is 0.875. The summed E-state index contributed by atoms with van der Waals surface area (Å²) >= 11 is 0. The van der Waals surface area contributed by atoms with Crippen molar-refractivity contribution in [1.29, 1.82) is 0 Å². The summed E-state index contributed by atoms with van der Waals surface area (Å²) in [7, 11) is 2.18. The van der Waals surface area contributed by atoms with Crippen LogP contribution in [0, 0.1) is 0 Å². The highest BCUT2D eigenvalue weighted by Gasteiger charge is 2.23. The molecule has 0 spiro atoms. The summed E-state index contributed by atoms with van der Waals surface area (Å²) in [5.74, 6) is 0.305. The Balaban J connectivity index is 2.16. The molecular weight excluding hydrogens is 238 g/mol. The largest absolute Gasteiger partial charge is 0.508 e.